The molecule has 1 aliphatic heterocycles. The molecule has 3 nitrogen and oxygen atoms in total. The van der Waals surface area contributed by atoms with Crippen molar-refractivity contribution in [1.82, 2.24) is 9.91 Å². The maximum Gasteiger partial charge on any atom is 0.119 e. The quantitative estimate of drug-likeness (QED) is 0.732. The molecular formula is C14H29N3. The number of hydrazone groups is 1. The van der Waals surface area contributed by atoms with Gasteiger partial charge in [-0.2, -0.15) is 5.10 Å². The van der Waals surface area contributed by atoms with Gasteiger partial charge < -0.3 is 4.90 Å². The molecule has 0 fully saturated rings. The molecule has 0 aromatic carbocycles. The monoisotopic (exact) mass is 239 g/mol. The molecule has 0 saturated heterocycles. The molecule has 17 heavy (non-hydrogen) atoms. The van der Waals surface area contributed by atoms with Gasteiger partial charge in [0, 0.05) is 13.1 Å². The lowest BCUT2D eigenvalue weighted by molar-refractivity contribution is 0.0827. The first-order valence-electron chi connectivity index (χ1n) is 6.90. The lowest BCUT2D eigenvalue weighted by Gasteiger charge is -2.35. The summed E-state index contributed by atoms with van der Waals surface area (Å²) < 4.78 is 0. The fraction of sp³-hybridized carbons (Fsp3) is 0.929. The van der Waals surface area contributed by atoms with E-state index in [9.17, 15) is 0 Å². The van der Waals surface area contributed by atoms with Crippen LogP contribution in [-0.4, -0.2) is 35.5 Å². The molecule has 0 saturated carbocycles. The van der Waals surface area contributed by atoms with Crippen LogP contribution in [0.1, 0.15) is 54.4 Å². The molecule has 0 amide bonds. The Morgan fingerprint density at radius 1 is 1.29 bits per heavy atom. The number of rotatable bonds is 5. The molecule has 0 aromatic rings. The van der Waals surface area contributed by atoms with E-state index in [1.165, 1.54) is 6.42 Å². The standard InChI is InChI=1S/C14H29N3/c1-7-8-17-13(9-14(4,5)6)16(11-15-17)10-12(2)3/h11-13H,7-10H2,1-6H3. The Hall–Kier alpha value is -0.730. The highest BCUT2D eigenvalue weighted by atomic mass is 15.6. The van der Waals surface area contributed by atoms with Gasteiger partial charge in [-0.15, -0.1) is 0 Å². The summed E-state index contributed by atoms with van der Waals surface area (Å²) in [4.78, 5) is 2.41. The number of nitrogens with zero attached hydrogens (tertiary/aromatic N) is 3. The second-order valence-corrected chi connectivity index (χ2v) is 6.73. The molecule has 1 aliphatic rings. The normalized spacial score (nSPS) is 20.8. The average molecular weight is 239 g/mol. The lowest BCUT2D eigenvalue weighted by Crippen LogP contribution is -2.43. The molecule has 1 rings (SSSR count). The van der Waals surface area contributed by atoms with Crippen molar-refractivity contribution in [3.05, 3.63) is 0 Å². The van der Waals surface area contributed by atoms with Crippen molar-refractivity contribution in [1.29, 1.82) is 0 Å². The summed E-state index contributed by atoms with van der Waals surface area (Å²) >= 11 is 0. The predicted molar refractivity (Wildman–Crippen MR) is 74.9 cm³/mol. The van der Waals surface area contributed by atoms with E-state index >= 15 is 0 Å². The van der Waals surface area contributed by atoms with E-state index < -0.39 is 0 Å². The highest BCUT2D eigenvalue weighted by molar-refractivity contribution is 5.57. The van der Waals surface area contributed by atoms with Gasteiger partial charge in [0.25, 0.3) is 0 Å². The van der Waals surface area contributed by atoms with E-state index in [0.29, 0.717) is 17.5 Å². The zero-order chi connectivity index (χ0) is 13.1. The van der Waals surface area contributed by atoms with Crippen molar-refractivity contribution < 1.29 is 0 Å². The van der Waals surface area contributed by atoms with Crippen LogP contribution < -0.4 is 0 Å². The molecular weight excluding hydrogens is 210 g/mol. The van der Waals surface area contributed by atoms with Gasteiger partial charge in [0.15, 0.2) is 0 Å². The van der Waals surface area contributed by atoms with Crippen LogP contribution in [0, 0.1) is 11.3 Å². The first kappa shape index (κ1) is 14.3. The van der Waals surface area contributed by atoms with E-state index in [2.05, 4.69) is 56.6 Å². The van der Waals surface area contributed by atoms with E-state index in [-0.39, 0.29) is 0 Å². The minimum Gasteiger partial charge on any atom is -0.339 e. The van der Waals surface area contributed by atoms with Crippen LogP contribution >= 0.6 is 0 Å². The largest absolute Gasteiger partial charge is 0.339 e. The number of hydrogen-bond acceptors (Lipinski definition) is 3. The van der Waals surface area contributed by atoms with Gasteiger partial charge >= 0.3 is 0 Å². The first-order chi connectivity index (χ1) is 7.83. The third-order valence-electron chi connectivity index (χ3n) is 2.90. The van der Waals surface area contributed by atoms with Crippen LogP contribution in [0.15, 0.2) is 5.10 Å². The Morgan fingerprint density at radius 2 is 1.94 bits per heavy atom. The molecule has 0 N–H and O–H groups in total. The van der Waals surface area contributed by atoms with E-state index in [1.807, 2.05) is 6.34 Å². The molecule has 3 heteroatoms. The molecule has 0 aromatic heterocycles. The minimum absolute atomic E-state index is 0.347. The summed E-state index contributed by atoms with van der Waals surface area (Å²) in [6.45, 7) is 15.8. The van der Waals surface area contributed by atoms with Gasteiger partial charge in [-0.05, 0) is 24.2 Å². The van der Waals surface area contributed by atoms with Gasteiger partial charge in [-0.25, -0.2) is 0 Å². The van der Waals surface area contributed by atoms with E-state index in [0.717, 1.165) is 19.5 Å². The molecule has 0 radical (unpaired) electrons. The molecule has 0 bridgehead atoms. The third kappa shape index (κ3) is 4.57. The Labute approximate surface area is 107 Å². The zero-order valence-corrected chi connectivity index (χ0v) is 12.4. The smallest absolute Gasteiger partial charge is 0.119 e. The second-order valence-electron chi connectivity index (χ2n) is 6.73. The van der Waals surface area contributed by atoms with Gasteiger partial charge in [-0.1, -0.05) is 41.5 Å². The summed E-state index contributed by atoms with van der Waals surface area (Å²) in [6.07, 6.45) is 4.82. The van der Waals surface area contributed by atoms with Crippen molar-refractivity contribution in [2.75, 3.05) is 13.1 Å². The van der Waals surface area contributed by atoms with Crippen LogP contribution in [0.2, 0.25) is 0 Å². The van der Waals surface area contributed by atoms with Gasteiger partial charge in [-0.3, -0.25) is 5.01 Å². The van der Waals surface area contributed by atoms with Crippen LogP contribution in [0.3, 0.4) is 0 Å². The Balaban J connectivity index is 2.67. The molecule has 0 spiro atoms. The third-order valence-corrected chi connectivity index (χ3v) is 2.90. The van der Waals surface area contributed by atoms with Crippen LogP contribution in [0.25, 0.3) is 0 Å². The molecule has 0 aliphatic carbocycles. The summed E-state index contributed by atoms with van der Waals surface area (Å²) in [6, 6.07) is 0. The van der Waals surface area contributed by atoms with Gasteiger partial charge in [0.2, 0.25) is 0 Å². The molecule has 1 heterocycles. The maximum atomic E-state index is 4.56. The average Bonchev–Trinajstić information content (AvgIpc) is 2.48. The van der Waals surface area contributed by atoms with Gasteiger partial charge in [0.05, 0.1) is 0 Å². The topological polar surface area (TPSA) is 18.8 Å². The Morgan fingerprint density at radius 3 is 2.41 bits per heavy atom. The highest BCUT2D eigenvalue weighted by Crippen LogP contribution is 2.28. The fourth-order valence-corrected chi connectivity index (χ4v) is 2.25. The summed E-state index contributed by atoms with van der Waals surface area (Å²) in [5, 5.41) is 6.82. The molecule has 1 atom stereocenters. The summed E-state index contributed by atoms with van der Waals surface area (Å²) in [7, 11) is 0. The van der Waals surface area contributed by atoms with Crippen molar-refractivity contribution in [3.8, 4) is 0 Å². The highest BCUT2D eigenvalue weighted by Gasteiger charge is 2.31. The summed E-state index contributed by atoms with van der Waals surface area (Å²) in [5.74, 6) is 0.686. The van der Waals surface area contributed by atoms with E-state index in [1.54, 1.807) is 0 Å². The first-order valence-corrected chi connectivity index (χ1v) is 6.90. The maximum absolute atomic E-state index is 4.56. The Bertz CT molecular complexity index is 253. The van der Waals surface area contributed by atoms with Crippen LogP contribution in [-0.2, 0) is 0 Å². The lowest BCUT2D eigenvalue weighted by atomic mass is 9.90. The zero-order valence-electron chi connectivity index (χ0n) is 12.4. The van der Waals surface area contributed by atoms with Crippen LogP contribution in [0.4, 0.5) is 0 Å². The van der Waals surface area contributed by atoms with Crippen molar-refractivity contribution in [3.63, 3.8) is 0 Å². The van der Waals surface area contributed by atoms with Gasteiger partial charge in [0.1, 0.15) is 12.5 Å². The number of hydrogen-bond donors (Lipinski definition) is 0. The SMILES string of the molecule is CCCN1N=CN(CC(C)C)C1CC(C)(C)C. The Kier molecular flexibility index (Phi) is 4.84. The van der Waals surface area contributed by atoms with Crippen molar-refractivity contribution in [2.45, 2.75) is 60.5 Å². The second kappa shape index (κ2) is 5.74. The van der Waals surface area contributed by atoms with Crippen LogP contribution in [0.5, 0.6) is 0 Å². The van der Waals surface area contributed by atoms with Crippen molar-refractivity contribution >= 4 is 6.34 Å². The predicted octanol–water partition coefficient (Wildman–Crippen LogP) is 3.38. The fourth-order valence-electron chi connectivity index (χ4n) is 2.25. The molecule has 1 unspecified atom stereocenters. The molecule has 100 valence electrons. The van der Waals surface area contributed by atoms with E-state index in [4.69, 9.17) is 0 Å². The van der Waals surface area contributed by atoms with Crippen molar-refractivity contribution in [2.24, 2.45) is 16.4 Å². The minimum atomic E-state index is 0.347. The summed E-state index contributed by atoms with van der Waals surface area (Å²) in [5.41, 5.74) is 0.347.